The largest absolute Gasteiger partial charge is 0.465 e. The Kier molecular flexibility index (Phi) is 7.18. The average Bonchev–Trinajstić information content (AvgIpc) is 2.95. The van der Waals surface area contributed by atoms with Crippen LogP contribution in [-0.2, 0) is 17.8 Å². The smallest absolute Gasteiger partial charge is 0.123 e. The number of ether oxygens (including phenoxy) is 1. The third-order valence-electron chi connectivity index (χ3n) is 3.51. The highest BCUT2D eigenvalue weighted by molar-refractivity contribution is 5.16. The Hall–Kier alpha value is -1.95. The molecular weight excluding hydrogens is 309 g/mol. The molecule has 0 saturated carbocycles. The Morgan fingerprint density at radius 1 is 1.25 bits per heavy atom. The molecule has 0 amide bonds. The van der Waals surface area contributed by atoms with E-state index in [2.05, 4.69) is 6.58 Å². The third-order valence-corrected chi connectivity index (χ3v) is 3.51. The lowest BCUT2D eigenvalue weighted by Crippen LogP contribution is -2.34. The summed E-state index contributed by atoms with van der Waals surface area (Å²) in [6.07, 6.45) is 1.02. The molecule has 1 aromatic carbocycles. The van der Waals surface area contributed by atoms with Crippen molar-refractivity contribution >= 4 is 0 Å². The molecule has 1 aromatic heterocycles. The maximum Gasteiger partial charge on any atom is 0.123 e. The summed E-state index contributed by atoms with van der Waals surface area (Å²) in [5.41, 5.74) is 0.971. The summed E-state index contributed by atoms with van der Waals surface area (Å²) in [4.78, 5) is 2.05. The van der Waals surface area contributed by atoms with E-state index in [-0.39, 0.29) is 12.4 Å². The van der Waals surface area contributed by atoms with Gasteiger partial charge in [0.15, 0.2) is 0 Å². The molecule has 1 heterocycles. The summed E-state index contributed by atoms with van der Waals surface area (Å²) < 4.78 is 24.0. The summed E-state index contributed by atoms with van der Waals surface area (Å²) in [5, 5.41) is 10.2. The van der Waals surface area contributed by atoms with Gasteiger partial charge < -0.3 is 14.3 Å². The number of halogens is 1. The van der Waals surface area contributed by atoms with E-state index in [1.165, 1.54) is 12.1 Å². The van der Waals surface area contributed by atoms with Gasteiger partial charge in [-0.25, -0.2) is 4.39 Å². The molecule has 0 aliphatic heterocycles. The van der Waals surface area contributed by atoms with Crippen molar-refractivity contribution in [3.63, 3.8) is 0 Å². The van der Waals surface area contributed by atoms with Crippen LogP contribution in [0.5, 0.6) is 0 Å². The van der Waals surface area contributed by atoms with E-state index < -0.39 is 6.10 Å². The van der Waals surface area contributed by atoms with E-state index in [0.29, 0.717) is 26.2 Å². The van der Waals surface area contributed by atoms with Crippen LogP contribution in [0.25, 0.3) is 0 Å². The van der Waals surface area contributed by atoms with Crippen molar-refractivity contribution in [2.75, 3.05) is 19.8 Å². The number of hydrogen-bond acceptors (Lipinski definition) is 4. The summed E-state index contributed by atoms with van der Waals surface area (Å²) >= 11 is 0. The van der Waals surface area contributed by atoms with E-state index in [1.807, 2.05) is 24.0 Å². The highest BCUT2D eigenvalue weighted by Crippen LogP contribution is 2.14. The molecular formula is C19H24FNO3. The summed E-state index contributed by atoms with van der Waals surface area (Å²) in [7, 11) is 0. The van der Waals surface area contributed by atoms with Gasteiger partial charge in [0.2, 0.25) is 0 Å². The van der Waals surface area contributed by atoms with Crippen LogP contribution in [0.2, 0.25) is 0 Å². The number of furan rings is 1. The molecule has 1 atom stereocenters. The van der Waals surface area contributed by atoms with Crippen molar-refractivity contribution in [2.45, 2.75) is 26.1 Å². The number of aryl methyl sites for hydroxylation is 1. The van der Waals surface area contributed by atoms with Gasteiger partial charge in [0, 0.05) is 13.1 Å². The maximum absolute atomic E-state index is 13.1. The summed E-state index contributed by atoms with van der Waals surface area (Å²) in [6, 6.07) is 10.2. The predicted octanol–water partition coefficient (Wildman–Crippen LogP) is 3.29. The third kappa shape index (κ3) is 6.28. The molecule has 130 valence electrons. The lowest BCUT2D eigenvalue weighted by Gasteiger charge is -2.24. The van der Waals surface area contributed by atoms with Crippen LogP contribution in [0.3, 0.4) is 0 Å². The highest BCUT2D eigenvalue weighted by Gasteiger charge is 2.15. The quantitative estimate of drug-likeness (QED) is 0.535. The van der Waals surface area contributed by atoms with Crippen molar-refractivity contribution in [3.8, 4) is 0 Å². The Balaban J connectivity index is 1.99. The van der Waals surface area contributed by atoms with Crippen LogP contribution >= 0.6 is 0 Å². The molecule has 1 N–H and O–H groups in total. The van der Waals surface area contributed by atoms with Gasteiger partial charge in [0.05, 0.1) is 25.9 Å². The Morgan fingerprint density at radius 2 is 2.00 bits per heavy atom. The average molecular weight is 333 g/mol. The first-order valence-electron chi connectivity index (χ1n) is 7.95. The molecule has 24 heavy (non-hydrogen) atoms. The molecule has 2 rings (SSSR count). The molecule has 4 nitrogen and oxygen atoms in total. The fourth-order valence-corrected chi connectivity index (χ4v) is 2.46. The Labute approximate surface area is 142 Å². The molecule has 5 heteroatoms. The van der Waals surface area contributed by atoms with Crippen molar-refractivity contribution < 1.29 is 18.7 Å². The van der Waals surface area contributed by atoms with E-state index in [0.717, 1.165) is 17.1 Å². The first-order valence-corrected chi connectivity index (χ1v) is 7.95. The zero-order valence-corrected chi connectivity index (χ0v) is 14.0. The first kappa shape index (κ1) is 18.4. The number of benzene rings is 1. The fourth-order valence-electron chi connectivity index (χ4n) is 2.46. The summed E-state index contributed by atoms with van der Waals surface area (Å²) in [6.45, 7) is 7.69. The van der Waals surface area contributed by atoms with Gasteiger partial charge in [-0.05, 0) is 36.8 Å². The molecule has 0 bridgehead atoms. The van der Waals surface area contributed by atoms with Gasteiger partial charge in [-0.3, -0.25) is 4.90 Å². The molecule has 0 unspecified atom stereocenters. The molecule has 0 radical (unpaired) electrons. The van der Waals surface area contributed by atoms with Crippen molar-refractivity contribution in [3.05, 3.63) is 72.0 Å². The van der Waals surface area contributed by atoms with E-state index in [1.54, 1.807) is 18.2 Å². The zero-order chi connectivity index (χ0) is 17.4. The lowest BCUT2D eigenvalue weighted by molar-refractivity contribution is 0.0215. The van der Waals surface area contributed by atoms with Gasteiger partial charge in [-0.1, -0.05) is 18.2 Å². The van der Waals surface area contributed by atoms with Crippen LogP contribution < -0.4 is 0 Å². The number of nitrogens with zero attached hydrogens (tertiary/aromatic N) is 1. The van der Waals surface area contributed by atoms with Gasteiger partial charge in [-0.2, -0.15) is 0 Å². The molecule has 0 aliphatic rings. The van der Waals surface area contributed by atoms with Crippen LogP contribution in [0, 0.1) is 12.7 Å². The fraction of sp³-hybridized carbons (Fsp3) is 0.368. The summed E-state index contributed by atoms with van der Waals surface area (Å²) in [5.74, 6) is 1.42. The van der Waals surface area contributed by atoms with Crippen molar-refractivity contribution in [2.24, 2.45) is 0 Å². The topological polar surface area (TPSA) is 45.8 Å². The van der Waals surface area contributed by atoms with Gasteiger partial charge in [0.25, 0.3) is 0 Å². The second-order valence-corrected chi connectivity index (χ2v) is 5.79. The number of aliphatic hydroxyl groups excluding tert-OH is 1. The second kappa shape index (κ2) is 9.37. The zero-order valence-electron chi connectivity index (χ0n) is 14.0. The van der Waals surface area contributed by atoms with Crippen LogP contribution in [0.1, 0.15) is 17.1 Å². The van der Waals surface area contributed by atoms with Crippen LogP contribution in [0.15, 0.2) is 53.5 Å². The minimum atomic E-state index is -0.624. The molecule has 0 fully saturated rings. The molecule has 0 saturated heterocycles. The Bertz CT molecular complexity index is 624. The van der Waals surface area contributed by atoms with Crippen LogP contribution in [-0.4, -0.2) is 35.9 Å². The monoisotopic (exact) mass is 333 g/mol. The molecule has 0 spiro atoms. The van der Waals surface area contributed by atoms with Crippen LogP contribution in [0.4, 0.5) is 4.39 Å². The maximum atomic E-state index is 13.1. The standard InChI is InChI=1S/C19H24FNO3/c1-3-10-23-14-18(22)12-21(13-19-9-4-15(2)24-19)11-16-5-7-17(20)8-6-16/h3-9,18,22H,1,10-14H2,2H3/t18-/m1/s1. The Morgan fingerprint density at radius 3 is 2.62 bits per heavy atom. The first-order chi connectivity index (χ1) is 11.6. The van der Waals surface area contributed by atoms with Crippen molar-refractivity contribution in [1.29, 1.82) is 0 Å². The van der Waals surface area contributed by atoms with E-state index >= 15 is 0 Å². The SMILES string of the molecule is C=CCOC[C@H](O)CN(Cc1ccc(F)cc1)Cc1ccc(C)o1. The highest BCUT2D eigenvalue weighted by atomic mass is 19.1. The molecule has 2 aromatic rings. The predicted molar refractivity (Wildman–Crippen MR) is 91.0 cm³/mol. The van der Waals surface area contributed by atoms with Gasteiger partial charge in [-0.15, -0.1) is 6.58 Å². The number of hydrogen-bond donors (Lipinski definition) is 1. The lowest BCUT2D eigenvalue weighted by atomic mass is 10.2. The van der Waals surface area contributed by atoms with Gasteiger partial charge >= 0.3 is 0 Å². The minimum Gasteiger partial charge on any atom is -0.465 e. The van der Waals surface area contributed by atoms with E-state index in [4.69, 9.17) is 9.15 Å². The van der Waals surface area contributed by atoms with Crippen molar-refractivity contribution in [1.82, 2.24) is 4.90 Å². The second-order valence-electron chi connectivity index (χ2n) is 5.79. The van der Waals surface area contributed by atoms with E-state index in [9.17, 15) is 9.50 Å². The number of aliphatic hydroxyl groups is 1. The molecule has 0 aliphatic carbocycles. The normalized spacial score (nSPS) is 12.5. The minimum absolute atomic E-state index is 0.239. The number of rotatable bonds is 10. The van der Waals surface area contributed by atoms with Gasteiger partial charge in [0.1, 0.15) is 17.3 Å².